The van der Waals surface area contributed by atoms with E-state index in [1.807, 2.05) is 0 Å². The normalized spacial score (nSPS) is 10.5. The molecule has 0 N–H and O–H groups in total. The number of hydrogen-bond donors (Lipinski definition) is 0. The lowest BCUT2D eigenvalue weighted by Crippen LogP contribution is -2.09. The van der Waals surface area contributed by atoms with Gasteiger partial charge in [0.1, 0.15) is 0 Å². The molecule has 82 valence electrons. The van der Waals surface area contributed by atoms with Crippen LogP contribution in [0.5, 0.6) is 5.75 Å². The zero-order valence-electron chi connectivity index (χ0n) is 7.56. The van der Waals surface area contributed by atoms with Crippen molar-refractivity contribution in [2.75, 3.05) is 0 Å². The Balaban J connectivity index is 3.31. The van der Waals surface area contributed by atoms with Gasteiger partial charge in [-0.1, -0.05) is 0 Å². The van der Waals surface area contributed by atoms with Crippen molar-refractivity contribution in [1.29, 1.82) is 0 Å². The minimum atomic E-state index is -3.16. The number of benzene rings is 1. The fourth-order valence-electron chi connectivity index (χ4n) is 1.07. The van der Waals surface area contributed by atoms with Gasteiger partial charge in [0, 0.05) is 3.57 Å². The van der Waals surface area contributed by atoms with Gasteiger partial charge in [-0.3, -0.25) is 4.79 Å². The third kappa shape index (κ3) is 2.83. The van der Waals surface area contributed by atoms with Crippen LogP contribution in [0.3, 0.4) is 0 Å². The topological polar surface area (TPSA) is 26.3 Å². The van der Waals surface area contributed by atoms with E-state index in [1.54, 1.807) is 22.6 Å². The van der Waals surface area contributed by atoms with Crippen molar-refractivity contribution < 1.29 is 22.7 Å². The molecule has 0 saturated carbocycles. The number of carbonyl (C=O) groups is 1. The highest BCUT2D eigenvalue weighted by Crippen LogP contribution is 2.29. The van der Waals surface area contributed by atoms with E-state index in [9.17, 15) is 18.0 Å². The molecule has 0 saturated heterocycles. The summed E-state index contributed by atoms with van der Waals surface area (Å²) in [5.41, 5.74) is -0.157. The van der Waals surface area contributed by atoms with Crippen LogP contribution in [0.1, 0.15) is 17.3 Å². The summed E-state index contributed by atoms with van der Waals surface area (Å²) in [5.74, 6) is -2.18. The molecular weight excluding hydrogens is 324 g/mol. The van der Waals surface area contributed by atoms with E-state index < -0.39 is 24.0 Å². The van der Waals surface area contributed by atoms with Gasteiger partial charge in [0.05, 0.1) is 5.56 Å². The van der Waals surface area contributed by atoms with E-state index in [1.165, 1.54) is 6.07 Å². The lowest BCUT2D eigenvalue weighted by molar-refractivity contribution is -0.0525. The maximum Gasteiger partial charge on any atom is 0.387 e. The van der Waals surface area contributed by atoms with Gasteiger partial charge in [0.25, 0.3) is 0 Å². The second-order valence-electron chi connectivity index (χ2n) is 2.67. The Hall–Kier alpha value is -0.790. The average molecular weight is 330 g/mol. The Kier molecular flexibility index (Phi) is 3.95. The maximum absolute atomic E-state index is 13.1. The summed E-state index contributed by atoms with van der Waals surface area (Å²) in [5, 5.41) is 0. The van der Waals surface area contributed by atoms with Crippen molar-refractivity contribution >= 4 is 28.4 Å². The second-order valence-corrected chi connectivity index (χ2v) is 3.83. The summed E-state index contributed by atoms with van der Waals surface area (Å²) in [6.07, 6.45) is 0. The number of alkyl halides is 2. The number of carbonyl (C=O) groups excluding carboxylic acids is 1. The first kappa shape index (κ1) is 12.3. The van der Waals surface area contributed by atoms with Gasteiger partial charge in [-0.25, -0.2) is 4.39 Å². The quantitative estimate of drug-likeness (QED) is 0.628. The summed E-state index contributed by atoms with van der Waals surface area (Å²) in [6, 6.07) is 2.30. The van der Waals surface area contributed by atoms with Crippen LogP contribution in [0, 0.1) is 9.39 Å². The molecule has 2 nitrogen and oxygen atoms in total. The standard InChI is InChI=1S/C9H6F3IO2/c1-4(14)7-6(13)3-2-5(10)8(7)15-9(11)12/h2-3,9H,1H3. The van der Waals surface area contributed by atoms with Gasteiger partial charge in [-0.2, -0.15) is 8.78 Å². The lowest BCUT2D eigenvalue weighted by atomic mass is 10.1. The minimum Gasteiger partial charge on any atom is -0.431 e. The summed E-state index contributed by atoms with van der Waals surface area (Å²) < 4.78 is 41.4. The fraction of sp³-hybridized carbons (Fsp3) is 0.222. The second kappa shape index (κ2) is 4.82. The number of halogens is 4. The van der Waals surface area contributed by atoms with Crippen molar-refractivity contribution in [3.05, 3.63) is 27.1 Å². The zero-order chi connectivity index (χ0) is 11.6. The molecule has 1 rings (SSSR count). The molecule has 0 aliphatic heterocycles. The molecule has 0 aliphatic rings. The van der Waals surface area contributed by atoms with E-state index in [4.69, 9.17) is 0 Å². The molecule has 0 bridgehead atoms. The monoisotopic (exact) mass is 330 g/mol. The molecule has 6 heteroatoms. The van der Waals surface area contributed by atoms with Crippen LogP contribution in [-0.4, -0.2) is 12.4 Å². The van der Waals surface area contributed by atoms with Gasteiger partial charge in [0.15, 0.2) is 17.3 Å². The zero-order valence-corrected chi connectivity index (χ0v) is 9.72. The molecule has 0 atom stereocenters. The van der Waals surface area contributed by atoms with E-state index in [-0.39, 0.29) is 5.56 Å². The third-order valence-electron chi connectivity index (χ3n) is 1.62. The maximum atomic E-state index is 13.1. The van der Waals surface area contributed by atoms with Crippen molar-refractivity contribution in [2.24, 2.45) is 0 Å². The summed E-state index contributed by atoms with van der Waals surface area (Å²) in [6.45, 7) is -1.99. The fourth-order valence-corrected chi connectivity index (χ4v) is 1.87. The van der Waals surface area contributed by atoms with Gasteiger partial charge in [-0.15, -0.1) is 0 Å². The summed E-state index contributed by atoms with van der Waals surface area (Å²) in [7, 11) is 0. The van der Waals surface area contributed by atoms with E-state index in [2.05, 4.69) is 4.74 Å². The lowest BCUT2D eigenvalue weighted by Gasteiger charge is -2.10. The molecule has 0 aliphatic carbocycles. The van der Waals surface area contributed by atoms with Crippen molar-refractivity contribution in [3.8, 4) is 5.75 Å². The van der Waals surface area contributed by atoms with Crippen LogP contribution in [0.4, 0.5) is 13.2 Å². The highest BCUT2D eigenvalue weighted by molar-refractivity contribution is 14.1. The van der Waals surface area contributed by atoms with Crippen molar-refractivity contribution in [1.82, 2.24) is 0 Å². The molecule has 15 heavy (non-hydrogen) atoms. The first-order valence-electron chi connectivity index (χ1n) is 3.87. The number of Topliss-reactive ketones (excluding diaryl/α,β-unsaturated/α-hetero) is 1. The number of ketones is 1. The molecule has 0 unspecified atom stereocenters. The Morgan fingerprint density at radius 2 is 2.07 bits per heavy atom. The highest BCUT2D eigenvalue weighted by atomic mass is 127. The van der Waals surface area contributed by atoms with Crippen molar-refractivity contribution in [3.63, 3.8) is 0 Å². The molecule has 0 spiro atoms. The van der Waals surface area contributed by atoms with Crippen molar-refractivity contribution in [2.45, 2.75) is 13.5 Å². The highest BCUT2D eigenvalue weighted by Gasteiger charge is 2.20. The smallest absolute Gasteiger partial charge is 0.387 e. The molecular formula is C9H6F3IO2. The molecule has 0 radical (unpaired) electrons. The van der Waals surface area contributed by atoms with E-state index >= 15 is 0 Å². The first-order valence-corrected chi connectivity index (χ1v) is 4.95. The van der Waals surface area contributed by atoms with Crippen LogP contribution in [-0.2, 0) is 0 Å². The predicted molar refractivity (Wildman–Crippen MR) is 55.8 cm³/mol. The van der Waals surface area contributed by atoms with Gasteiger partial charge < -0.3 is 4.74 Å². The summed E-state index contributed by atoms with van der Waals surface area (Å²) in [4.78, 5) is 11.1. The van der Waals surface area contributed by atoms with Crippen LogP contribution < -0.4 is 4.74 Å². The molecule has 0 aromatic heterocycles. The number of ether oxygens (including phenoxy) is 1. The Morgan fingerprint density at radius 1 is 1.47 bits per heavy atom. The van der Waals surface area contributed by atoms with Gasteiger partial charge >= 0.3 is 6.61 Å². The van der Waals surface area contributed by atoms with E-state index in [0.717, 1.165) is 13.0 Å². The van der Waals surface area contributed by atoms with Crippen LogP contribution >= 0.6 is 22.6 Å². The van der Waals surface area contributed by atoms with E-state index in [0.29, 0.717) is 3.57 Å². The molecule has 0 heterocycles. The summed E-state index contributed by atoms with van der Waals surface area (Å²) >= 11 is 1.75. The number of hydrogen-bond acceptors (Lipinski definition) is 2. The van der Waals surface area contributed by atoms with Gasteiger partial charge in [0.2, 0.25) is 0 Å². The minimum absolute atomic E-state index is 0.157. The van der Waals surface area contributed by atoms with Gasteiger partial charge in [-0.05, 0) is 41.6 Å². The Labute approximate surface area is 97.6 Å². The average Bonchev–Trinajstić information content (AvgIpc) is 2.10. The van der Waals surface area contributed by atoms with Crippen LogP contribution in [0.25, 0.3) is 0 Å². The molecule has 1 aromatic rings. The van der Waals surface area contributed by atoms with Crippen LogP contribution in [0.2, 0.25) is 0 Å². The predicted octanol–water partition coefficient (Wildman–Crippen LogP) is 3.23. The Morgan fingerprint density at radius 3 is 2.53 bits per heavy atom. The largest absolute Gasteiger partial charge is 0.431 e. The van der Waals surface area contributed by atoms with Crippen LogP contribution in [0.15, 0.2) is 12.1 Å². The molecule has 0 amide bonds. The molecule has 0 fully saturated rings. The Bertz CT molecular complexity index is 393. The first-order chi connectivity index (χ1) is 6.93. The molecule has 1 aromatic carbocycles. The third-order valence-corrected chi connectivity index (χ3v) is 2.52. The SMILES string of the molecule is CC(=O)c1c(I)ccc(F)c1OC(F)F. The number of rotatable bonds is 3.